The van der Waals surface area contributed by atoms with Gasteiger partial charge >= 0.3 is 5.97 Å². The minimum Gasteiger partial charge on any atom is -0.469 e. The number of carbonyl (C=O) groups excluding carboxylic acids is 1. The van der Waals surface area contributed by atoms with Crippen molar-refractivity contribution in [3.8, 4) is 11.3 Å². The minimum absolute atomic E-state index is 0.0644. The van der Waals surface area contributed by atoms with Crippen LogP contribution in [0, 0.1) is 24.5 Å². The summed E-state index contributed by atoms with van der Waals surface area (Å²) >= 11 is 5.75. The Morgan fingerprint density at radius 2 is 2.04 bits per heavy atom. The minimum atomic E-state index is -0.708. The van der Waals surface area contributed by atoms with Gasteiger partial charge in [-0.05, 0) is 36.6 Å². The van der Waals surface area contributed by atoms with Gasteiger partial charge in [0.2, 0.25) is 5.28 Å². The van der Waals surface area contributed by atoms with Crippen LogP contribution in [0.15, 0.2) is 18.3 Å². The number of carbonyl (C=O) groups is 1. The molecule has 0 spiro atoms. The number of hydrogen-bond donors (Lipinski definition) is 0. The number of fused-ring (bicyclic) bond motifs is 1. The van der Waals surface area contributed by atoms with Gasteiger partial charge in [-0.3, -0.25) is 4.79 Å². The van der Waals surface area contributed by atoms with Crippen molar-refractivity contribution >= 4 is 28.6 Å². The maximum atomic E-state index is 14.6. The van der Waals surface area contributed by atoms with Crippen LogP contribution in [0.4, 0.5) is 8.78 Å². The van der Waals surface area contributed by atoms with E-state index in [9.17, 15) is 13.6 Å². The number of ether oxygens (including phenoxy) is 1. The van der Waals surface area contributed by atoms with Crippen LogP contribution in [-0.2, 0) is 16.1 Å². The molecule has 3 rings (SSSR count). The Kier molecular flexibility index (Phi) is 5.36. The molecular formula is C18H17ClF2N4O2. The third kappa shape index (κ3) is 3.90. The highest BCUT2D eigenvalue weighted by atomic mass is 35.5. The highest BCUT2D eigenvalue weighted by Crippen LogP contribution is 2.29. The lowest BCUT2D eigenvalue weighted by atomic mass is 10.1. The zero-order valence-electron chi connectivity index (χ0n) is 15.0. The number of benzene rings is 1. The van der Waals surface area contributed by atoms with Gasteiger partial charge in [0, 0.05) is 18.5 Å². The largest absolute Gasteiger partial charge is 0.469 e. The molecule has 2 heterocycles. The van der Waals surface area contributed by atoms with E-state index in [2.05, 4.69) is 19.7 Å². The van der Waals surface area contributed by atoms with Gasteiger partial charge in [-0.25, -0.2) is 23.7 Å². The van der Waals surface area contributed by atoms with Crippen LogP contribution >= 0.6 is 11.6 Å². The van der Waals surface area contributed by atoms with E-state index in [0.717, 1.165) is 6.20 Å². The van der Waals surface area contributed by atoms with Crippen LogP contribution in [0.5, 0.6) is 0 Å². The SMILES string of the molecule is COC(=O)C[C@@H](C)Cn1c(C)nc2c(F)cc(-c3nc(Cl)ncc3F)cc21. The number of esters is 1. The zero-order chi connectivity index (χ0) is 19.7. The molecule has 0 bridgehead atoms. The molecule has 6 nitrogen and oxygen atoms in total. The lowest BCUT2D eigenvalue weighted by molar-refractivity contribution is -0.141. The number of hydrogen-bond acceptors (Lipinski definition) is 5. The third-order valence-electron chi connectivity index (χ3n) is 4.22. The van der Waals surface area contributed by atoms with Crippen LogP contribution in [0.1, 0.15) is 19.2 Å². The van der Waals surface area contributed by atoms with Gasteiger partial charge in [-0.15, -0.1) is 0 Å². The number of nitrogens with zero attached hydrogens (tertiary/aromatic N) is 4. The maximum absolute atomic E-state index is 14.6. The van der Waals surface area contributed by atoms with E-state index in [-0.39, 0.29) is 40.4 Å². The van der Waals surface area contributed by atoms with Crippen LogP contribution in [-0.4, -0.2) is 32.6 Å². The van der Waals surface area contributed by atoms with Crippen molar-refractivity contribution in [1.82, 2.24) is 19.5 Å². The highest BCUT2D eigenvalue weighted by molar-refractivity contribution is 6.28. The zero-order valence-corrected chi connectivity index (χ0v) is 15.7. The van der Waals surface area contributed by atoms with Gasteiger partial charge in [-0.2, -0.15) is 0 Å². The van der Waals surface area contributed by atoms with Crippen molar-refractivity contribution in [2.45, 2.75) is 26.8 Å². The van der Waals surface area contributed by atoms with Gasteiger partial charge in [0.25, 0.3) is 0 Å². The Balaban J connectivity index is 2.08. The summed E-state index contributed by atoms with van der Waals surface area (Å²) in [5.74, 6) is -1.11. The molecule has 0 saturated heterocycles. The lowest BCUT2D eigenvalue weighted by Gasteiger charge is -2.14. The van der Waals surface area contributed by atoms with Crippen molar-refractivity contribution in [2.24, 2.45) is 5.92 Å². The monoisotopic (exact) mass is 394 g/mol. The molecule has 9 heteroatoms. The predicted octanol–water partition coefficient (Wildman–Crippen LogP) is 3.93. The first-order valence-corrected chi connectivity index (χ1v) is 8.59. The van der Waals surface area contributed by atoms with Gasteiger partial charge < -0.3 is 9.30 Å². The van der Waals surface area contributed by atoms with E-state index in [1.54, 1.807) is 17.6 Å². The van der Waals surface area contributed by atoms with E-state index >= 15 is 0 Å². The normalized spacial score (nSPS) is 12.4. The van der Waals surface area contributed by atoms with Crippen LogP contribution in [0.2, 0.25) is 5.28 Å². The quantitative estimate of drug-likeness (QED) is 0.484. The molecule has 0 fully saturated rings. The molecule has 0 aliphatic rings. The fourth-order valence-corrected chi connectivity index (χ4v) is 3.09. The van der Waals surface area contributed by atoms with Crippen molar-refractivity contribution in [2.75, 3.05) is 7.11 Å². The molecule has 2 aromatic heterocycles. The number of rotatable bonds is 5. The molecule has 3 aromatic rings. The average Bonchev–Trinajstić information content (AvgIpc) is 2.93. The Morgan fingerprint density at radius 1 is 1.30 bits per heavy atom. The molecule has 0 unspecified atom stereocenters. The second kappa shape index (κ2) is 7.56. The Hall–Kier alpha value is -2.61. The molecule has 0 radical (unpaired) electrons. The van der Waals surface area contributed by atoms with E-state index in [0.29, 0.717) is 17.9 Å². The number of imidazole rings is 1. The summed E-state index contributed by atoms with van der Waals surface area (Å²) in [6.07, 6.45) is 1.15. The summed E-state index contributed by atoms with van der Waals surface area (Å²) in [6.45, 7) is 4.05. The van der Waals surface area contributed by atoms with Crippen LogP contribution in [0.25, 0.3) is 22.3 Å². The summed E-state index contributed by atoms with van der Waals surface area (Å²) in [4.78, 5) is 23.2. The number of halogens is 3. The first-order chi connectivity index (χ1) is 12.8. The summed E-state index contributed by atoms with van der Waals surface area (Å²) in [5.41, 5.74) is 0.780. The summed E-state index contributed by atoms with van der Waals surface area (Å²) in [7, 11) is 1.33. The first-order valence-electron chi connectivity index (χ1n) is 8.21. The van der Waals surface area contributed by atoms with Crippen molar-refractivity contribution in [1.29, 1.82) is 0 Å². The fraction of sp³-hybridized carbons (Fsp3) is 0.333. The molecule has 0 aliphatic heterocycles. The smallest absolute Gasteiger partial charge is 0.305 e. The van der Waals surface area contributed by atoms with Crippen molar-refractivity contribution in [3.05, 3.63) is 41.1 Å². The topological polar surface area (TPSA) is 69.9 Å². The van der Waals surface area contributed by atoms with Crippen LogP contribution < -0.4 is 0 Å². The van der Waals surface area contributed by atoms with E-state index < -0.39 is 11.6 Å². The molecular weight excluding hydrogens is 378 g/mol. The molecule has 1 aromatic carbocycles. The molecule has 0 aliphatic carbocycles. The van der Waals surface area contributed by atoms with Crippen LogP contribution in [0.3, 0.4) is 0 Å². The molecule has 142 valence electrons. The Morgan fingerprint density at radius 3 is 2.74 bits per heavy atom. The number of methoxy groups -OCH3 is 1. The fourth-order valence-electron chi connectivity index (χ4n) is 2.96. The Bertz CT molecular complexity index is 1020. The summed E-state index contributed by atoms with van der Waals surface area (Å²) in [5, 5.41) is -0.136. The standard InChI is InChI=1S/C18H17ClF2N4O2/c1-9(4-15(26)27-3)8-25-10(2)23-17-12(20)5-11(6-14(17)25)16-13(21)7-22-18(19)24-16/h5-7,9H,4,8H2,1-3H3/t9-/m1/s1. The van der Waals surface area contributed by atoms with Crippen molar-refractivity contribution in [3.63, 3.8) is 0 Å². The summed E-state index contributed by atoms with van der Waals surface area (Å²) < 4.78 is 35.2. The highest BCUT2D eigenvalue weighted by Gasteiger charge is 2.19. The lowest BCUT2D eigenvalue weighted by Crippen LogP contribution is -2.14. The van der Waals surface area contributed by atoms with Gasteiger partial charge in [0.1, 0.15) is 17.0 Å². The number of aromatic nitrogens is 4. The summed E-state index contributed by atoms with van der Waals surface area (Å²) in [6, 6.07) is 2.77. The maximum Gasteiger partial charge on any atom is 0.305 e. The first kappa shape index (κ1) is 19.2. The van der Waals surface area contributed by atoms with E-state index in [1.165, 1.54) is 13.2 Å². The predicted molar refractivity (Wildman–Crippen MR) is 96.2 cm³/mol. The molecule has 27 heavy (non-hydrogen) atoms. The van der Waals surface area contributed by atoms with E-state index in [1.807, 2.05) is 6.92 Å². The second-order valence-electron chi connectivity index (χ2n) is 6.32. The molecule has 0 N–H and O–H groups in total. The molecule has 0 amide bonds. The average molecular weight is 395 g/mol. The molecule has 1 atom stereocenters. The van der Waals surface area contributed by atoms with E-state index in [4.69, 9.17) is 11.6 Å². The molecule has 0 saturated carbocycles. The van der Waals surface area contributed by atoms with Crippen molar-refractivity contribution < 1.29 is 18.3 Å². The number of aryl methyl sites for hydroxylation is 1. The van der Waals surface area contributed by atoms with Gasteiger partial charge in [-0.1, -0.05) is 6.92 Å². The Labute approximate surface area is 159 Å². The van der Waals surface area contributed by atoms with Gasteiger partial charge in [0.15, 0.2) is 11.6 Å². The second-order valence-corrected chi connectivity index (χ2v) is 6.65. The third-order valence-corrected chi connectivity index (χ3v) is 4.41. The van der Waals surface area contributed by atoms with Gasteiger partial charge in [0.05, 0.1) is 18.8 Å².